The highest BCUT2D eigenvalue weighted by Gasteiger charge is 2.24. The van der Waals surface area contributed by atoms with Crippen LogP contribution in [0.5, 0.6) is 5.75 Å². The standard InChI is InChI=1S/C14H18N2O6.H2O/c15-10(7-8-1-3-9(17)4-2-8)13(20)16-11(14(21)22)5-6-12(18)19;/h1-4,10-11,17H,5-7,15H2,(H,16,20)(H,18,19)(H,21,22);1H2/t10-,11-;/m0./s1. The summed E-state index contributed by atoms with van der Waals surface area (Å²) < 4.78 is 0. The molecule has 8 N–H and O–H groups in total. The topological polar surface area (TPSA) is 181 Å². The fraction of sp³-hybridized carbons (Fsp3) is 0.357. The first-order valence-corrected chi connectivity index (χ1v) is 6.58. The zero-order valence-corrected chi connectivity index (χ0v) is 12.2. The minimum Gasteiger partial charge on any atom is -0.508 e. The number of nitrogens with one attached hydrogen (secondary N) is 1. The summed E-state index contributed by atoms with van der Waals surface area (Å²) in [7, 11) is 0. The van der Waals surface area contributed by atoms with Crippen molar-refractivity contribution in [3.05, 3.63) is 29.8 Å². The quantitative estimate of drug-likeness (QED) is 0.400. The molecule has 0 spiro atoms. The van der Waals surface area contributed by atoms with Gasteiger partial charge in [0.1, 0.15) is 11.8 Å². The maximum atomic E-state index is 11.9. The van der Waals surface area contributed by atoms with Gasteiger partial charge in [-0.25, -0.2) is 4.79 Å². The highest BCUT2D eigenvalue weighted by Crippen LogP contribution is 2.11. The van der Waals surface area contributed by atoms with Crippen LogP contribution in [0.3, 0.4) is 0 Å². The molecule has 0 aliphatic heterocycles. The van der Waals surface area contributed by atoms with Crippen molar-refractivity contribution in [2.75, 3.05) is 0 Å². The number of rotatable bonds is 8. The summed E-state index contributed by atoms with van der Waals surface area (Å²) in [5.41, 5.74) is 6.41. The van der Waals surface area contributed by atoms with E-state index >= 15 is 0 Å². The summed E-state index contributed by atoms with van der Waals surface area (Å²) in [5, 5.41) is 28.9. The Kier molecular flexibility index (Phi) is 8.30. The number of carboxylic acids is 2. The van der Waals surface area contributed by atoms with Crippen LogP contribution in [0.25, 0.3) is 0 Å². The van der Waals surface area contributed by atoms with Crippen molar-refractivity contribution < 1.29 is 35.2 Å². The molecule has 0 bridgehead atoms. The molecule has 0 saturated carbocycles. The van der Waals surface area contributed by atoms with Crippen LogP contribution in [0.2, 0.25) is 0 Å². The average Bonchev–Trinajstić information content (AvgIpc) is 2.44. The highest BCUT2D eigenvalue weighted by atomic mass is 16.4. The van der Waals surface area contributed by atoms with E-state index in [9.17, 15) is 14.4 Å². The monoisotopic (exact) mass is 328 g/mol. The molecule has 0 radical (unpaired) electrons. The van der Waals surface area contributed by atoms with Crippen LogP contribution in [0.4, 0.5) is 0 Å². The van der Waals surface area contributed by atoms with E-state index in [0.717, 1.165) is 0 Å². The number of aromatic hydroxyl groups is 1. The Balaban J connectivity index is 0.00000484. The van der Waals surface area contributed by atoms with Crippen LogP contribution in [0.1, 0.15) is 18.4 Å². The second-order valence-corrected chi connectivity index (χ2v) is 4.81. The number of phenolic OH excluding ortho intramolecular Hbond substituents is 1. The van der Waals surface area contributed by atoms with Crippen LogP contribution in [-0.2, 0) is 20.8 Å². The molecule has 1 aromatic carbocycles. The van der Waals surface area contributed by atoms with Crippen LogP contribution < -0.4 is 11.1 Å². The maximum Gasteiger partial charge on any atom is 0.326 e. The Labute approximate surface area is 132 Å². The second-order valence-electron chi connectivity index (χ2n) is 4.81. The number of carbonyl (C=O) groups is 3. The molecule has 0 fully saturated rings. The number of carboxylic acid groups (broad SMARTS) is 2. The number of aliphatic carboxylic acids is 2. The number of hydrogen-bond donors (Lipinski definition) is 5. The Hall–Kier alpha value is -2.65. The molecule has 1 aromatic rings. The molecule has 128 valence electrons. The summed E-state index contributed by atoms with van der Waals surface area (Å²) in [5.74, 6) is -3.05. The van der Waals surface area contributed by atoms with Gasteiger partial charge >= 0.3 is 11.9 Å². The minimum atomic E-state index is -1.31. The zero-order valence-electron chi connectivity index (χ0n) is 12.2. The molecule has 9 heteroatoms. The number of amides is 1. The zero-order chi connectivity index (χ0) is 16.7. The predicted octanol–water partition coefficient (Wildman–Crippen LogP) is -1.13. The first-order chi connectivity index (χ1) is 10.3. The van der Waals surface area contributed by atoms with Gasteiger partial charge in [-0.2, -0.15) is 0 Å². The number of benzene rings is 1. The lowest BCUT2D eigenvalue weighted by atomic mass is 10.0. The van der Waals surface area contributed by atoms with Gasteiger partial charge in [-0.05, 0) is 30.5 Å². The molecule has 0 unspecified atom stereocenters. The van der Waals surface area contributed by atoms with E-state index in [-0.39, 0.29) is 30.5 Å². The summed E-state index contributed by atoms with van der Waals surface area (Å²) in [4.78, 5) is 33.3. The molecule has 0 aliphatic carbocycles. The third kappa shape index (κ3) is 7.25. The van der Waals surface area contributed by atoms with E-state index in [1.807, 2.05) is 0 Å². The van der Waals surface area contributed by atoms with Crippen molar-refractivity contribution in [2.24, 2.45) is 5.73 Å². The highest BCUT2D eigenvalue weighted by molar-refractivity contribution is 5.87. The minimum absolute atomic E-state index is 0. The maximum absolute atomic E-state index is 11.9. The van der Waals surface area contributed by atoms with Crippen LogP contribution >= 0.6 is 0 Å². The van der Waals surface area contributed by atoms with Gasteiger partial charge in [-0.15, -0.1) is 0 Å². The summed E-state index contributed by atoms with van der Waals surface area (Å²) in [6, 6.07) is 3.83. The lowest BCUT2D eigenvalue weighted by Gasteiger charge is -2.17. The van der Waals surface area contributed by atoms with Crippen molar-refractivity contribution >= 4 is 17.8 Å². The fourth-order valence-electron chi connectivity index (χ4n) is 1.78. The Morgan fingerprint density at radius 1 is 1.13 bits per heavy atom. The van der Waals surface area contributed by atoms with E-state index in [2.05, 4.69) is 5.32 Å². The third-order valence-electron chi connectivity index (χ3n) is 2.99. The van der Waals surface area contributed by atoms with Crippen LogP contribution in [-0.4, -0.2) is 50.7 Å². The van der Waals surface area contributed by atoms with E-state index < -0.39 is 29.9 Å². The van der Waals surface area contributed by atoms with Gasteiger partial charge in [0.25, 0.3) is 0 Å². The van der Waals surface area contributed by atoms with Crippen molar-refractivity contribution in [3.8, 4) is 5.75 Å². The molecule has 0 heterocycles. The van der Waals surface area contributed by atoms with Crippen molar-refractivity contribution in [1.82, 2.24) is 5.32 Å². The van der Waals surface area contributed by atoms with Gasteiger partial charge in [0.05, 0.1) is 6.04 Å². The lowest BCUT2D eigenvalue weighted by Crippen LogP contribution is -2.49. The summed E-state index contributed by atoms with van der Waals surface area (Å²) in [6.45, 7) is 0. The molecule has 23 heavy (non-hydrogen) atoms. The first kappa shape index (κ1) is 20.3. The Morgan fingerprint density at radius 2 is 1.70 bits per heavy atom. The first-order valence-electron chi connectivity index (χ1n) is 6.58. The van der Waals surface area contributed by atoms with Gasteiger partial charge in [0.15, 0.2) is 0 Å². The summed E-state index contributed by atoms with van der Waals surface area (Å²) in [6.07, 6.45) is -0.426. The molecule has 0 aromatic heterocycles. The molecule has 9 nitrogen and oxygen atoms in total. The third-order valence-corrected chi connectivity index (χ3v) is 2.99. The number of nitrogens with two attached hydrogens (primary N) is 1. The molecule has 2 atom stereocenters. The summed E-state index contributed by atoms with van der Waals surface area (Å²) >= 11 is 0. The van der Waals surface area contributed by atoms with E-state index in [1.165, 1.54) is 12.1 Å². The predicted molar refractivity (Wildman–Crippen MR) is 79.8 cm³/mol. The normalized spacial score (nSPS) is 12.6. The van der Waals surface area contributed by atoms with Crippen LogP contribution in [0, 0.1) is 0 Å². The van der Waals surface area contributed by atoms with Gasteiger partial charge in [-0.3, -0.25) is 9.59 Å². The second kappa shape index (κ2) is 9.38. The number of phenols is 1. The smallest absolute Gasteiger partial charge is 0.326 e. The molecule has 0 saturated heterocycles. The van der Waals surface area contributed by atoms with Crippen molar-refractivity contribution in [2.45, 2.75) is 31.3 Å². The molecule has 1 rings (SSSR count). The number of carbonyl (C=O) groups excluding carboxylic acids is 1. The van der Waals surface area contributed by atoms with Gasteiger partial charge in [0, 0.05) is 6.42 Å². The molecule has 0 aliphatic rings. The lowest BCUT2D eigenvalue weighted by molar-refractivity contribution is -0.143. The average molecular weight is 328 g/mol. The van der Waals surface area contributed by atoms with Gasteiger partial charge in [-0.1, -0.05) is 12.1 Å². The molecular formula is C14H20N2O7. The SMILES string of the molecule is N[C@@H](Cc1ccc(O)cc1)C(=O)N[C@@H](CCC(=O)O)C(=O)O.O. The Morgan fingerprint density at radius 3 is 2.17 bits per heavy atom. The Bertz CT molecular complexity index is 545. The fourth-order valence-corrected chi connectivity index (χ4v) is 1.78. The van der Waals surface area contributed by atoms with Crippen molar-refractivity contribution in [3.63, 3.8) is 0 Å². The van der Waals surface area contributed by atoms with Gasteiger partial charge in [0.2, 0.25) is 5.91 Å². The van der Waals surface area contributed by atoms with Crippen molar-refractivity contribution in [1.29, 1.82) is 0 Å². The molecular weight excluding hydrogens is 308 g/mol. The van der Waals surface area contributed by atoms with Gasteiger partial charge < -0.3 is 31.8 Å². The van der Waals surface area contributed by atoms with E-state index in [0.29, 0.717) is 5.56 Å². The number of hydrogen-bond acceptors (Lipinski definition) is 5. The van der Waals surface area contributed by atoms with E-state index in [1.54, 1.807) is 12.1 Å². The largest absolute Gasteiger partial charge is 0.508 e. The van der Waals surface area contributed by atoms with E-state index in [4.69, 9.17) is 21.1 Å². The van der Waals surface area contributed by atoms with Crippen LogP contribution in [0.15, 0.2) is 24.3 Å². The molecule has 1 amide bonds.